The fourth-order valence-corrected chi connectivity index (χ4v) is 3.76. The van der Waals surface area contributed by atoms with E-state index in [-0.39, 0.29) is 10.7 Å². The lowest BCUT2D eigenvalue weighted by atomic mass is 9.97. The number of para-hydroxylation sites is 1. The summed E-state index contributed by atoms with van der Waals surface area (Å²) in [5.41, 5.74) is 1.74. The summed E-state index contributed by atoms with van der Waals surface area (Å²) >= 11 is 12.1. The number of fused-ring (bicyclic) bond motifs is 1. The number of anilines is 1. The van der Waals surface area contributed by atoms with Gasteiger partial charge in [-0.15, -0.1) is 0 Å². The smallest absolute Gasteiger partial charge is 0.321 e. The fourth-order valence-electron chi connectivity index (χ4n) is 3.47. The van der Waals surface area contributed by atoms with E-state index in [0.717, 1.165) is 23.8 Å². The maximum Gasteiger partial charge on any atom is 0.416 e. The van der Waals surface area contributed by atoms with Crippen molar-refractivity contribution >= 4 is 45.7 Å². The van der Waals surface area contributed by atoms with E-state index < -0.39 is 17.6 Å². The van der Waals surface area contributed by atoms with Crippen molar-refractivity contribution < 1.29 is 18.0 Å². The van der Waals surface area contributed by atoms with Crippen LogP contribution >= 0.6 is 23.2 Å². The molecule has 0 aliphatic carbocycles. The number of nitrogens with zero attached hydrogens (tertiary/aromatic N) is 1. The van der Waals surface area contributed by atoms with Crippen LogP contribution in [0, 0.1) is 6.92 Å². The summed E-state index contributed by atoms with van der Waals surface area (Å²) in [6.07, 6.45) is -4.56. The van der Waals surface area contributed by atoms with Gasteiger partial charge in [-0.3, -0.25) is 4.79 Å². The number of carbonyl (C=O) groups excluding carboxylic acids is 1. The van der Waals surface area contributed by atoms with Crippen molar-refractivity contribution in [2.45, 2.75) is 13.1 Å². The molecule has 0 saturated carbocycles. The molecular formula is C24H15Cl2F3N2O. The number of carbonyl (C=O) groups is 1. The van der Waals surface area contributed by atoms with Gasteiger partial charge in [0.25, 0.3) is 5.91 Å². The molecule has 0 fully saturated rings. The van der Waals surface area contributed by atoms with Crippen LogP contribution in [0.5, 0.6) is 0 Å². The third-order valence-corrected chi connectivity index (χ3v) is 5.60. The van der Waals surface area contributed by atoms with Crippen LogP contribution in [0.3, 0.4) is 0 Å². The Kier molecular flexibility index (Phi) is 5.84. The van der Waals surface area contributed by atoms with Crippen molar-refractivity contribution in [3.63, 3.8) is 0 Å². The predicted octanol–water partition coefficient (Wildman–Crippen LogP) is 7.79. The molecule has 3 aromatic carbocycles. The topological polar surface area (TPSA) is 42.0 Å². The molecule has 1 N–H and O–H groups in total. The molecule has 0 radical (unpaired) electrons. The maximum atomic E-state index is 13.3. The summed E-state index contributed by atoms with van der Waals surface area (Å²) in [6, 6.07) is 16.9. The summed E-state index contributed by atoms with van der Waals surface area (Å²) in [4.78, 5) is 18.0. The highest BCUT2D eigenvalue weighted by atomic mass is 35.5. The summed E-state index contributed by atoms with van der Waals surface area (Å²) in [7, 11) is 0. The van der Waals surface area contributed by atoms with Crippen molar-refractivity contribution in [2.75, 3.05) is 5.32 Å². The second-order valence-corrected chi connectivity index (χ2v) is 7.97. The van der Waals surface area contributed by atoms with Gasteiger partial charge in [0.15, 0.2) is 0 Å². The highest BCUT2D eigenvalue weighted by Crippen LogP contribution is 2.35. The molecule has 1 heterocycles. The fraction of sp³-hybridized carbons (Fsp3) is 0.0833. The lowest BCUT2D eigenvalue weighted by molar-refractivity contribution is -0.137. The van der Waals surface area contributed by atoms with Crippen LogP contribution in [-0.2, 0) is 6.18 Å². The van der Waals surface area contributed by atoms with Crippen LogP contribution in [-0.4, -0.2) is 10.9 Å². The molecule has 0 saturated heterocycles. The van der Waals surface area contributed by atoms with Gasteiger partial charge in [-0.1, -0.05) is 53.5 Å². The highest BCUT2D eigenvalue weighted by molar-refractivity contribution is 6.34. The summed E-state index contributed by atoms with van der Waals surface area (Å²) < 4.78 is 39.4. The van der Waals surface area contributed by atoms with Gasteiger partial charge in [-0.25, -0.2) is 4.98 Å². The zero-order valence-electron chi connectivity index (χ0n) is 16.6. The molecule has 1 aromatic heterocycles. The van der Waals surface area contributed by atoms with E-state index in [2.05, 4.69) is 5.32 Å². The van der Waals surface area contributed by atoms with Crippen LogP contribution < -0.4 is 5.32 Å². The van der Waals surface area contributed by atoms with Crippen molar-refractivity contribution in [3.05, 3.63) is 93.5 Å². The number of rotatable bonds is 3. The molecule has 4 rings (SSSR count). The maximum absolute atomic E-state index is 13.3. The first-order valence-electron chi connectivity index (χ1n) is 9.48. The van der Waals surface area contributed by atoms with Crippen molar-refractivity contribution in [2.24, 2.45) is 0 Å². The molecular weight excluding hydrogens is 460 g/mol. The summed E-state index contributed by atoms with van der Waals surface area (Å²) in [6.45, 7) is 1.74. The Bertz CT molecular complexity index is 1340. The van der Waals surface area contributed by atoms with Crippen LogP contribution in [0.25, 0.3) is 22.2 Å². The van der Waals surface area contributed by atoms with Gasteiger partial charge < -0.3 is 5.32 Å². The van der Waals surface area contributed by atoms with E-state index in [0.29, 0.717) is 32.7 Å². The van der Waals surface area contributed by atoms with Crippen molar-refractivity contribution in [1.82, 2.24) is 4.98 Å². The van der Waals surface area contributed by atoms with E-state index in [4.69, 9.17) is 28.2 Å². The molecule has 0 bridgehead atoms. The normalized spacial score (nSPS) is 11.6. The lowest BCUT2D eigenvalue weighted by Crippen LogP contribution is -2.16. The Morgan fingerprint density at radius 3 is 2.34 bits per heavy atom. The molecule has 32 heavy (non-hydrogen) atoms. The molecule has 3 nitrogen and oxygen atoms in total. The lowest BCUT2D eigenvalue weighted by Gasteiger charge is -2.16. The van der Waals surface area contributed by atoms with E-state index in [1.807, 2.05) is 0 Å². The standard InChI is InChI=1S/C24H15Cl2F3N2O/c1-13-21(23(32)31-20-12-15(24(27,28)29)8-11-18(20)26)17-4-2-3-5-19(17)30-22(13)14-6-9-16(25)10-7-14/h2-12H,1H3,(H,31,32). The van der Waals surface area contributed by atoms with E-state index in [9.17, 15) is 18.0 Å². The summed E-state index contributed by atoms with van der Waals surface area (Å²) in [5, 5.41) is 3.67. The first-order chi connectivity index (χ1) is 15.1. The third-order valence-electron chi connectivity index (χ3n) is 5.02. The minimum Gasteiger partial charge on any atom is -0.321 e. The Morgan fingerprint density at radius 1 is 0.969 bits per heavy atom. The van der Waals surface area contributed by atoms with Crippen LogP contribution in [0.2, 0.25) is 10.0 Å². The second kappa shape index (κ2) is 8.45. The summed E-state index contributed by atoms with van der Waals surface area (Å²) in [5.74, 6) is -0.586. The molecule has 4 aromatic rings. The number of alkyl halides is 3. The Hall–Kier alpha value is -3.09. The first-order valence-corrected chi connectivity index (χ1v) is 10.2. The molecule has 0 unspecified atom stereocenters. The van der Waals surface area contributed by atoms with Crippen LogP contribution in [0.15, 0.2) is 66.7 Å². The van der Waals surface area contributed by atoms with Crippen LogP contribution in [0.1, 0.15) is 21.5 Å². The van der Waals surface area contributed by atoms with E-state index in [1.54, 1.807) is 55.5 Å². The third kappa shape index (κ3) is 4.29. The molecule has 0 aliphatic heterocycles. The number of halogens is 5. The monoisotopic (exact) mass is 474 g/mol. The number of hydrogen-bond acceptors (Lipinski definition) is 2. The minimum absolute atomic E-state index is 0.000268. The molecule has 162 valence electrons. The van der Waals surface area contributed by atoms with Gasteiger partial charge in [-0.05, 0) is 48.9 Å². The Balaban J connectivity index is 1.84. The minimum atomic E-state index is -4.56. The van der Waals surface area contributed by atoms with E-state index in [1.165, 1.54) is 0 Å². The van der Waals surface area contributed by atoms with Gasteiger partial charge >= 0.3 is 6.18 Å². The van der Waals surface area contributed by atoms with E-state index >= 15 is 0 Å². The molecule has 0 aliphatic rings. The number of nitrogens with one attached hydrogen (secondary N) is 1. The highest BCUT2D eigenvalue weighted by Gasteiger charge is 2.31. The van der Waals surface area contributed by atoms with Crippen LogP contribution in [0.4, 0.5) is 18.9 Å². The van der Waals surface area contributed by atoms with Crippen molar-refractivity contribution in [1.29, 1.82) is 0 Å². The Morgan fingerprint density at radius 2 is 1.66 bits per heavy atom. The second-order valence-electron chi connectivity index (χ2n) is 7.13. The molecule has 1 amide bonds. The first kappa shape index (κ1) is 22.1. The number of amides is 1. The van der Waals surface area contributed by atoms with Crippen molar-refractivity contribution in [3.8, 4) is 11.3 Å². The number of hydrogen-bond donors (Lipinski definition) is 1. The molecule has 8 heteroatoms. The quantitative estimate of drug-likeness (QED) is 0.329. The van der Waals surface area contributed by atoms with Gasteiger partial charge in [0, 0.05) is 16.0 Å². The average molecular weight is 475 g/mol. The molecule has 0 atom stereocenters. The predicted molar refractivity (Wildman–Crippen MR) is 121 cm³/mol. The number of pyridine rings is 1. The number of aromatic nitrogens is 1. The average Bonchev–Trinajstić information content (AvgIpc) is 2.74. The van der Waals surface area contributed by atoms with Gasteiger partial charge in [0.2, 0.25) is 0 Å². The SMILES string of the molecule is Cc1c(-c2ccc(Cl)cc2)nc2ccccc2c1C(=O)Nc1cc(C(F)(F)F)ccc1Cl. The molecule has 0 spiro atoms. The van der Waals surface area contributed by atoms with Gasteiger partial charge in [0.05, 0.1) is 33.0 Å². The zero-order chi connectivity index (χ0) is 23.0. The van der Waals surface area contributed by atoms with Gasteiger partial charge in [0.1, 0.15) is 0 Å². The zero-order valence-corrected chi connectivity index (χ0v) is 18.1. The number of benzene rings is 3. The Labute approximate surface area is 191 Å². The van der Waals surface area contributed by atoms with Gasteiger partial charge in [-0.2, -0.15) is 13.2 Å². The largest absolute Gasteiger partial charge is 0.416 e.